The molecule has 0 aromatic heterocycles. The smallest absolute Gasteiger partial charge is 0.271 e. The van der Waals surface area contributed by atoms with Crippen LogP contribution in [0.1, 0.15) is 22.8 Å². The molecule has 0 aliphatic heterocycles. The normalized spacial score (nSPS) is 12.4. The van der Waals surface area contributed by atoms with E-state index >= 15 is 0 Å². The van der Waals surface area contributed by atoms with E-state index in [9.17, 15) is 9.59 Å². The van der Waals surface area contributed by atoms with Crippen LogP contribution in [0.2, 0.25) is 0 Å². The molecule has 0 saturated carbocycles. The second-order valence-corrected chi connectivity index (χ2v) is 7.74. The van der Waals surface area contributed by atoms with Gasteiger partial charge in [-0.1, -0.05) is 53.0 Å². The van der Waals surface area contributed by atoms with Gasteiger partial charge in [-0.05, 0) is 42.0 Å². The number of halogens is 3. The number of carbonyl (C=O) groups is 2. The Bertz CT molecular complexity index is 806. The van der Waals surface area contributed by atoms with Crippen LogP contribution in [0.25, 0.3) is 0 Å². The number of rotatable bonds is 6. The largest absolute Gasteiger partial charge is 0.466 e. The van der Waals surface area contributed by atoms with Crippen molar-refractivity contribution in [1.29, 1.82) is 0 Å². The SMILES string of the molecule is CC(=O)NC(Oc1ccc(C=NNC(=O)c2ccccc2)cc1)C(Cl)(Cl)Cl. The number of benzene rings is 2. The number of amides is 2. The summed E-state index contributed by atoms with van der Waals surface area (Å²) >= 11 is 17.4. The van der Waals surface area contributed by atoms with E-state index in [1.807, 2.05) is 6.07 Å². The quantitative estimate of drug-likeness (QED) is 0.319. The van der Waals surface area contributed by atoms with E-state index in [1.54, 1.807) is 48.5 Å². The van der Waals surface area contributed by atoms with Gasteiger partial charge in [0, 0.05) is 12.5 Å². The van der Waals surface area contributed by atoms with Crippen molar-refractivity contribution in [2.45, 2.75) is 16.9 Å². The Kier molecular flexibility index (Phi) is 7.47. The summed E-state index contributed by atoms with van der Waals surface area (Å²) in [6, 6.07) is 15.3. The summed E-state index contributed by atoms with van der Waals surface area (Å²) in [6.07, 6.45) is 0.329. The molecule has 9 heteroatoms. The van der Waals surface area contributed by atoms with E-state index < -0.39 is 15.9 Å². The van der Waals surface area contributed by atoms with Crippen molar-refractivity contribution < 1.29 is 14.3 Å². The van der Waals surface area contributed by atoms with Crippen molar-refractivity contribution in [1.82, 2.24) is 10.7 Å². The lowest BCUT2D eigenvalue weighted by atomic mass is 10.2. The van der Waals surface area contributed by atoms with Crippen molar-refractivity contribution in [3.63, 3.8) is 0 Å². The minimum atomic E-state index is -1.84. The number of hydrogen-bond acceptors (Lipinski definition) is 4. The lowest BCUT2D eigenvalue weighted by Crippen LogP contribution is -2.47. The van der Waals surface area contributed by atoms with Gasteiger partial charge in [0.25, 0.3) is 5.91 Å². The Morgan fingerprint density at radius 3 is 2.26 bits per heavy atom. The van der Waals surface area contributed by atoms with Gasteiger partial charge in [-0.2, -0.15) is 5.10 Å². The van der Waals surface area contributed by atoms with Gasteiger partial charge < -0.3 is 10.1 Å². The van der Waals surface area contributed by atoms with Gasteiger partial charge in [0.15, 0.2) is 0 Å². The van der Waals surface area contributed by atoms with Gasteiger partial charge in [-0.15, -0.1) is 0 Å². The zero-order valence-electron chi connectivity index (χ0n) is 14.2. The third-order valence-corrected chi connectivity index (χ3v) is 3.78. The van der Waals surface area contributed by atoms with Crippen LogP contribution in [0.15, 0.2) is 59.7 Å². The van der Waals surface area contributed by atoms with Crippen molar-refractivity contribution in [3.8, 4) is 5.75 Å². The molecular formula is C18H16Cl3N3O3. The molecule has 0 spiro atoms. The number of hydrogen-bond donors (Lipinski definition) is 2. The minimum Gasteiger partial charge on any atom is -0.466 e. The van der Waals surface area contributed by atoms with Crippen LogP contribution in [0.5, 0.6) is 5.75 Å². The first-order valence-corrected chi connectivity index (χ1v) is 8.88. The molecule has 0 aliphatic rings. The summed E-state index contributed by atoms with van der Waals surface area (Å²) in [7, 11) is 0. The van der Waals surface area contributed by atoms with Gasteiger partial charge >= 0.3 is 0 Å². The Labute approximate surface area is 171 Å². The molecule has 0 bridgehead atoms. The van der Waals surface area contributed by atoms with Gasteiger partial charge in [-0.3, -0.25) is 9.59 Å². The second kappa shape index (κ2) is 9.60. The summed E-state index contributed by atoms with van der Waals surface area (Å²) in [5.41, 5.74) is 3.65. The molecule has 0 aliphatic carbocycles. The molecule has 0 fully saturated rings. The molecule has 27 heavy (non-hydrogen) atoms. The van der Waals surface area contributed by atoms with E-state index in [2.05, 4.69) is 15.8 Å². The maximum absolute atomic E-state index is 11.9. The predicted molar refractivity (Wildman–Crippen MR) is 106 cm³/mol. The van der Waals surface area contributed by atoms with Crippen molar-refractivity contribution >= 4 is 52.8 Å². The van der Waals surface area contributed by atoms with Crippen LogP contribution in [-0.2, 0) is 4.79 Å². The molecule has 2 aromatic carbocycles. The molecule has 2 rings (SSSR count). The average molecular weight is 429 g/mol. The fraction of sp³-hybridized carbons (Fsp3) is 0.167. The first kappa shape index (κ1) is 21.0. The number of carbonyl (C=O) groups excluding carboxylic acids is 2. The van der Waals surface area contributed by atoms with E-state index in [4.69, 9.17) is 39.5 Å². The monoisotopic (exact) mass is 427 g/mol. The standard InChI is InChI=1S/C18H16Cl3N3O3/c1-12(25)23-17(18(19,20)21)27-15-9-7-13(8-10-15)11-22-24-16(26)14-5-3-2-4-6-14/h2-11,17H,1H3,(H,23,25)(H,24,26). The van der Waals surface area contributed by atoms with E-state index in [0.29, 0.717) is 16.9 Å². The molecule has 142 valence electrons. The Morgan fingerprint density at radius 1 is 1.07 bits per heavy atom. The molecule has 1 unspecified atom stereocenters. The molecule has 2 N–H and O–H groups in total. The van der Waals surface area contributed by atoms with Gasteiger partial charge in [0.1, 0.15) is 5.75 Å². The highest BCUT2D eigenvalue weighted by Crippen LogP contribution is 2.31. The summed E-state index contributed by atoms with van der Waals surface area (Å²) in [5, 5.41) is 6.32. The lowest BCUT2D eigenvalue weighted by molar-refractivity contribution is -0.121. The highest BCUT2D eigenvalue weighted by atomic mass is 35.6. The summed E-state index contributed by atoms with van der Waals surface area (Å²) in [5.74, 6) is -0.331. The van der Waals surface area contributed by atoms with E-state index in [1.165, 1.54) is 13.1 Å². The Balaban J connectivity index is 1.96. The summed E-state index contributed by atoms with van der Waals surface area (Å²) in [6.45, 7) is 1.29. The second-order valence-electron chi connectivity index (χ2n) is 5.37. The van der Waals surface area contributed by atoms with Crippen LogP contribution in [0.3, 0.4) is 0 Å². The number of ether oxygens (including phenoxy) is 1. The maximum Gasteiger partial charge on any atom is 0.271 e. The summed E-state index contributed by atoms with van der Waals surface area (Å²) in [4.78, 5) is 23.1. The zero-order chi connectivity index (χ0) is 19.9. The van der Waals surface area contributed by atoms with Crippen LogP contribution >= 0.6 is 34.8 Å². The molecule has 0 heterocycles. The molecule has 0 radical (unpaired) electrons. The molecule has 1 atom stereocenters. The third kappa shape index (κ3) is 7.09. The fourth-order valence-corrected chi connectivity index (χ4v) is 2.25. The highest BCUT2D eigenvalue weighted by Gasteiger charge is 2.35. The molecule has 0 saturated heterocycles. The predicted octanol–water partition coefficient (Wildman–Crippen LogP) is 3.66. The van der Waals surface area contributed by atoms with Gasteiger partial charge in [0.2, 0.25) is 15.9 Å². The van der Waals surface area contributed by atoms with Crippen LogP contribution < -0.4 is 15.5 Å². The third-order valence-electron chi connectivity index (χ3n) is 3.18. The first-order valence-electron chi connectivity index (χ1n) is 7.74. The fourth-order valence-electron chi connectivity index (χ4n) is 1.95. The zero-order valence-corrected chi connectivity index (χ0v) is 16.4. The first-order chi connectivity index (χ1) is 12.8. The van der Waals surface area contributed by atoms with E-state index in [0.717, 1.165) is 0 Å². The number of nitrogens with zero attached hydrogens (tertiary/aromatic N) is 1. The molecule has 2 aromatic rings. The highest BCUT2D eigenvalue weighted by molar-refractivity contribution is 6.68. The molecule has 6 nitrogen and oxygen atoms in total. The summed E-state index contributed by atoms with van der Waals surface area (Å²) < 4.78 is 3.66. The molecule has 2 amide bonds. The van der Waals surface area contributed by atoms with Crippen molar-refractivity contribution in [2.75, 3.05) is 0 Å². The van der Waals surface area contributed by atoms with Crippen LogP contribution in [-0.4, -0.2) is 28.0 Å². The van der Waals surface area contributed by atoms with Crippen LogP contribution in [0, 0.1) is 0 Å². The van der Waals surface area contributed by atoms with Crippen LogP contribution in [0.4, 0.5) is 0 Å². The Hall–Kier alpha value is -2.28. The Morgan fingerprint density at radius 2 is 1.70 bits per heavy atom. The lowest BCUT2D eigenvalue weighted by Gasteiger charge is -2.25. The number of hydrazone groups is 1. The maximum atomic E-state index is 11.9. The molecular weight excluding hydrogens is 413 g/mol. The van der Waals surface area contributed by atoms with Gasteiger partial charge in [-0.25, -0.2) is 5.43 Å². The van der Waals surface area contributed by atoms with Gasteiger partial charge in [0.05, 0.1) is 6.21 Å². The van der Waals surface area contributed by atoms with Crippen molar-refractivity contribution in [3.05, 3.63) is 65.7 Å². The number of alkyl halides is 3. The van der Waals surface area contributed by atoms with Crippen molar-refractivity contribution in [2.24, 2.45) is 5.10 Å². The van der Waals surface area contributed by atoms with E-state index in [-0.39, 0.29) is 5.91 Å². The number of nitrogens with one attached hydrogen (secondary N) is 2. The topological polar surface area (TPSA) is 79.8 Å². The average Bonchev–Trinajstić information content (AvgIpc) is 2.62. The minimum absolute atomic E-state index is 0.312.